The van der Waals surface area contributed by atoms with Crippen LogP contribution in [0.25, 0.3) is 0 Å². The summed E-state index contributed by atoms with van der Waals surface area (Å²) >= 11 is 0. The summed E-state index contributed by atoms with van der Waals surface area (Å²) in [6.45, 7) is 5.22. The summed E-state index contributed by atoms with van der Waals surface area (Å²) in [6.07, 6.45) is 6.45. The Morgan fingerprint density at radius 3 is 2.75 bits per heavy atom. The summed E-state index contributed by atoms with van der Waals surface area (Å²) in [6, 6.07) is 2.32. The second kappa shape index (κ2) is 5.00. The van der Waals surface area contributed by atoms with Gasteiger partial charge in [-0.1, -0.05) is 19.8 Å². The highest BCUT2D eigenvalue weighted by Gasteiger charge is 2.21. The Hall–Kier alpha value is -0.830. The van der Waals surface area contributed by atoms with Gasteiger partial charge in [-0.15, -0.1) is 0 Å². The Labute approximate surface area is 98.0 Å². The lowest BCUT2D eigenvalue weighted by atomic mass is 10.0. The average Bonchev–Trinajstić information content (AvgIpc) is 2.83. The monoisotopic (exact) mass is 221 g/mol. The molecule has 0 spiro atoms. The third-order valence-electron chi connectivity index (χ3n) is 3.51. The topological polar surface area (TPSA) is 43.8 Å². The molecule has 16 heavy (non-hydrogen) atoms. The first-order valence-electron chi connectivity index (χ1n) is 6.55. The lowest BCUT2D eigenvalue weighted by molar-refractivity contribution is 0.539. The van der Waals surface area contributed by atoms with Crippen molar-refractivity contribution in [2.45, 2.75) is 64.5 Å². The summed E-state index contributed by atoms with van der Waals surface area (Å²) in [5, 5.41) is 4.74. The summed E-state index contributed by atoms with van der Waals surface area (Å²) in [7, 11) is 0. The molecule has 1 saturated carbocycles. The van der Waals surface area contributed by atoms with E-state index in [-0.39, 0.29) is 6.04 Å². The molecule has 0 amide bonds. The van der Waals surface area contributed by atoms with E-state index < -0.39 is 0 Å². The first kappa shape index (κ1) is 11.6. The van der Waals surface area contributed by atoms with E-state index in [1.54, 1.807) is 0 Å². The van der Waals surface area contributed by atoms with Crippen LogP contribution in [0.4, 0.5) is 0 Å². The highest BCUT2D eigenvalue weighted by molar-refractivity contribution is 5.18. The number of hydrogen-bond acceptors (Lipinski definition) is 2. The zero-order valence-electron chi connectivity index (χ0n) is 10.4. The van der Waals surface area contributed by atoms with Gasteiger partial charge in [0, 0.05) is 18.5 Å². The van der Waals surface area contributed by atoms with Gasteiger partial charge in [0.2, 0.25) is 0 Å². The van der Waals surface area contributed by atoms with Crippen molar-refractivity contribution in [1.82, 2.24) is 9.78 Å². The van der Waals surface area contributed by atoms with Gasteiger partial charge < -0.3 is 5.73 Å². The van der Waals surface area contributed by atoms with Gasteiger partial charge >= 0.3 is 0 Å². The number of aryl methyl sites for hydroxylation is 1. The molecule has 90 valence electrons. The van der Waals surface area contributed by atoms with Crippen molar-refractivity contribution in [2.24, 2.45) is 5.73 Å². The standard InChI is InChI=1S/C13H23N3/c1-3-8-16-13(10(2)14)9-12(15-16)11-6-4-5-7-11/h9-11H,3-8,14H2,1-2H3/t10-/m1/s1. The van der Waals surface area contributed by atoms with Gasteiger partial charge in [-0.2, -0.15) is 5.10 Å². The van der Waals surface area contributed by atoms with Gasteiger partial charge in [0.05, 0.1) is 11.4 Å². The van der Waals surface area contributed by atoms with Crippen molar-refractivity contribution >= 4 is 0 Å². The van der Waals surface area contributed by atoms with E-state index in [4.69, 9.17) is 10.8 Å². The molecule has 0 saturated heterocycles. The highest BCUT2D eigenvalue weighted by Crippen LogP contribution is 2.34. The molecule has 1 aliphatic carbocycles. The molecule has 1 atom stereocenters. The lowest BCUT2D eigenvalue weighted by Gasteiger charge is -2.08. The first-order chi connectivity index (χ1) is 7.72. The fraction of sp³-hybridized carbons (Fsp3) is 0.769. The molecule has 3 nitrogen and oxygen atoms in total. The van der Waals surface area contributed by atoms with Gasteiger partial charge in [0.25, 0.3) is 0 Å². The third-order valence-corrected chi connectivity index (χ3v) is 3.51. The van der Waals surface area contributed by atoms with Crippen LogP contribution in [0.2, 0.25) is 0 Å². The molecule has 3 heteroatoms. The minimum absolute atomic E-state index is 0.0919. The second-order valence-corrected chi connectivity index (χ2v) is 4.99. The maximum atomic E-state index is 6.00. The van der Waals surface area contributed by atoms with Crippen molar-refractivity contribution in [3.63, 3.8) is 0 Å². The van der Waals surface area contributed by atoms with E-state index in [0.29, 0.717) is 5.92 Å². The van der Waals surface area contributed by atoms with Crippen LogP contribution < -0.4 is 5.73 Å². The number of aromatic nitrogens is 2. The Bertz CT molecular complexity index is 335. The maximum absolute atomic E-state index is 6.00. The lowest BCUT2D eigenvalue weighted by Crippen LogP contribution is -2.13. The number of hydrogen-bond donors (Lipinski definition) is 1. The molecule has 1 heterocycles. The Morgan fingerprint density at radius 1 is 1.50 bits per heavy atom. The zero-order valence-corrected chi connectivity index (χ0v) is 10.4. The van der Waals surface area contributed by atoms with Crippen LogP contribution in [0, 0.1) is 0 Å². The molecule has 0 bridgehead atoms. The van der Waals surface area contributed by atoms with Crippen molar-refractivity contribution in [1.29, 1.82) is 0 Å². The predicted molar refractivity (Wildman–Crippen MR) is 66.3 cm³/mol. The second-order valence-electron chi connectivity index (χ2n) is 4.99. The van der Waals surface area contributed by atoms with Crippen LogP contribution in [0.1, 0.15) is 69.3 Å². The molecular weight excluding hydrogens is 198 g/mol. The quantitative estimate of drug-likeness (QED) is 0.849. The van der Waals surface area contributed by atoms with Crippen LogP contribution in [-0.2, 0) is 6.54 Å². The van der Waals surface area contributed by atoms with Crippen LogP contribution >= 0.6 is 0 Å². The van der Waals surface area contributed by atoms with E-state index in [1.807, 2.05) is 6.92 Å². The smallest absolute Gasteiger partial charge is 0.0659 e. The van der Waals surface area contributed by atoms with Gasteiger partial charge in [-0.05, 0) is 32.3 Å². The van der Waals surface area contributed by atoms with Crippen LogP contribution in [-0.4, -0.2) is 9.78 Å². The Kier molecular flexibility index (Phi) is 3.64. The Balaban J connectivity index is 2.22. The average molecular weight is 221 g/mol. The molecule has 0 unspecified atom stereocenters. The highest BCUT2D eigenvalue weighted by atomic mass is 15.3. The molecular formula is C13H23N3. The van der Waals surface area contributed by atoms with E-state index in [9.17, 15) is 0 Å². The minimum Gasteiger partial charge on any atom is -0.323 e. The number of nitrogens with two attached hydrogens (primary N) is 1. The number of rotatable bonds is 4. The summed E-state index contributed by atoms with van der Waals surface area (Å²) in [5.74, 6) is 0.690. The molecule has 0 radical (unpaired) electrons. The molecule has 1 aliphatic rings. The van der Waals surface area contributed by atoms with E-state index >= 15 is 0 Å². The van der Waals surface area contributed by atoms with E-state index in [2.05, 4.69) is 17.7 Å². The summed E-state index contributed by atoms with van der Waals surface area (Å²) in [4.78, 5) is 0. The van der Waals surface area contributed by atoms with Crippen molar-refractivity contribution < 1.29 is 0 Å². The molecule has 0 aliphatic heterocycles. The van der Waals surface area contributed by atoms with E-state index in [1.165, 1.54) is 37.1 Å². The van der Waals surface area contributed by atoms with Crippen LogP contribution in [0.3, 0.4) is 0 Å². The maximum Gasteiger partial charge on any atom is 0.0659 e. The largest absolute Gasteiger partial charge is 0.323 e. The molecule has 2 rings (SSSR count). The summed E-state index contributed by atoms with van der Waals surface area (Å²) < 4.78 is 2.11. The summed E-state index contributed by atoms with van der Waals surface area (Å²) in [5.41, 5.74) is 8.47. The molecule has 2 N–H and O–H groups in total. The first-order valence-corrected chi connectivity index (χ1v) is 6.55. The minimum atomic E-state index is 0.0919. The molecule has 1 fully saturated rings. The third kappa shape index (κ3) is 2.29. The van der Waals surface area contributed by atoms with Crippen molar-refractivity contribution in [3.8, 4) is 0 Å². The normalized spacial score (nSPS) is 19.2. The SMILES string of the molecule is CCCn1nc(C2CCCC2)cc1[C@@H](C)N. The van der Waals surface area contributed by atoms with Gasteiger partial charge in [0.1, 0.15) is 0 Å². The molecule has 1 aromatic rings. The fourth-order valence-corrected chi connectivity index (χ4v) is 2.63. The molecule has 1 aromatic heterocycles. The van der Waals surface area contributed by atoms with Crippen molar-refractivity contribution in [3.05, 3.63) is 17.5 Å². The molecule has 0 aromatic carbocycles. The fourth-order valence-electron chi connectivity index (χ4n) is 2.63. The van der Waals surface area contributed by atoms with Gasteiger partial charge in [0.15, 0.2) is 0 Å². The van der Waals surface area contributed by atoms with Gasteiger partial charge in [-0.25, -0.2) is 0 Å². The number of nitrogens with zero attached hydrogens (tertiary/aromatic N) is 2. The van der Waals surface area contributed by atoms with Crippen molar-refractivity contribution in [2.75, 3.05) is 0 Å². The zero-order chi connectivity index (χ0) is 11.5. The van der Waals surface area contributed by atoms with E-state index in [0.717, 1.165) is 13.0 Å². The van der Waals surface area contributed by atoms with Gasteiger partial charge in [-0.3, -0.25) is 4.68 Å². The Morgan fingerprint density at radius 2 is 2.19 bits per heavy atom. The van der Waals surface area contributed by atoms with Crippen LogP contribution in [0.5, 0.6) is 0 Å². The van der Waals surface area contributed by atoms with Crippen LogP contribution in [0.15, 0.2) is 6.07 Å². The predicted octanol–water partition coefficient (Wildman–Crippen LogP) is 2.97.